The van der Waals surface area contributed by atoms with Gasteiger partial charge in [-0.1, -0.05) is 36.4 Å². The lowest BCUT2D eigenvalue weighted by Crippen LogP contribution is -2.58. The van der Waals surface area contributed by atoms with Crippen molar-refractivity contribution in [2.75, 3.05) is 20.2 Å². The Kier molecular flexibility index (Phi) is 11.8. The Bertz CT molecular complexity index is 2380. The van der Waals surface area contributed by atoms with Crippen molar-refractivity contribution >= 4 is 56.6 Å². The lowest BCUT2D eigenvalue weighted by Gasteiger charge is -2.31. The zero-order valence-corrected chi connectivity index (χ0v) is 35.3. The van der Waals surface area contributed by atoms with E-state index in [2.05, 4.69) is 21.9 Å². The Hall–Kier alpha value is -6.04. The number of nitrogens with zero attached hydrogens (tertiary/aromatic N) is 3. The molecule has 2 aromatic carbocycles. The minimum absolute atomic E-state index is 0.0732. The normalized spacial score (nSPS) is 22.7. The summed E-state index contributed by atoms with van der Waals surface area (Å²) in [6.07, 6.45) is 0.196. The molecular weight excluding hydrogens is 809 g/mol. The largest absolute Gasteiger partial charge is 0.497 e. The van der Waals surface area contributed by atoms with Gasteiger partial charge in [-0.3, -0.25) is 33.6 Å². The predicted octanol–water partition coefficient (Wildman–Crippen LogP) is 3.36. The van der Waals surface area contributed by atoms with E-state index in [-0.39, 0.29) is 51.1 Å². The number of ether oxygens (including phenoxy) is 3. The highest BCUT2D eigenvalue weighted by Gasteiger charge is 2.62. The molecule has 3 N–H and O–H groups in total. The van der Waals surface area contributed by atoms with E-state index in [9.17, 15) is 37.2 Å². The second kappa shape index (κ2) is 16.8. The Labute approximate surface area is 353 Å². The van der Waals surface area contributed by atoms with Gasteiger partial charge in [0.1, 0.15) is 40.8 Å². The van der Waals surface area contributed by atoms with E-state index in [1.165, 1.54) is 11.0 Å². The highest BCUT2D eigenvalue weighted by Crippen LogP contribution is 2.46. The van der Waals surface area contributed by atoms with Gasteiger partial charge in [0.25, 0.3) is 5.91 Å². The number of benzene rings is 2. The molecule has 61 heavy (non-hydrogen) atoms. The standard InChI is InChI=1S/C43H50N6O11S/c1-6-26-23-43(26,40(54)47-61(56,57)29-13-14-29)46-38(52)34-21-28(59-35-22-32(25-10-8-7-9-11-25)44-33-20-27(58-5)12-15-30(33)35)24-49(34)39(53)31(45-41(55)60-42(2,3)4)16-17-36(50)48-19-18-37(48)51/h6-12,15,20,22,26,28-29,31,34H,1,13-14,16-19,21,23-24H2,2-5H3,(H,45,55)(H,46,52)(H,47,54)/t26-,28-,31?,34+,43-/m1/s1. The third-order valence-corrected chi connectivity index (χ3v) is 13.0. The van der Waals surface area contributed by atoms with Crippen LogP contribution in [0.25, 0.3) is 22.2 Å². The summed E-state index contributed by atoms with van der Waals surface area (Å²) in [5.74, 6) is -2.93. The number of carbonyl (C=O) groups excluding carboxylic acids is 6. The molecule has 17 nitrogen and oxygen atoms in total. The SMILES string of the molecule is C=C[C@@H]1C[C@]1(NC(=O)[C@@H]1C[C@@H](Oc2cc(-c3ccccc3)nc3cc(OC)ccc23)CN1C(=O)C(CCC(=O)N1CCC1=O)NC(=O)OC(C)(C)C)C(=O)NS(=O)(=O)C1CC1. The van der Waals surface area contributed by atoms with Crippen LogP contribution in [0.5, 0.6) is 11.5 Å². The van der Waals surface area contributed by atoms with E-state index in [4.69, 9.17) is 19.2 Å². The third kappa shape index (κ3) is 9.48. The zero-order valence-electron chi connectivity index (χ0n) is 34.5. The second-order valence-corrected chi connectivity index (χ2v) is 18.8. The van der Waals surface area contributed by atoms with Crippen molar-refractivity contribution in [1.82, 2.24) is 30.1 Å². The summed E-state index contributed by atoms with van der Waals surface area (Å²) in [6, 6.07) is 13.8. The van der Waals surface area contributed by atoms with Crippen molar-refractivity contribution in [3.63, 3.8) is 0 Å². The van der Waals surface area contributed by atoms with Crippen LogP contribution in [0.2, 0.25) is 0 Å². The number of nitrogens with one attached hydrogen (secondary N) is 3. The molecule has 0 spiro atoms. The lowest BCUT2D eigenvalue weighted by atomic mass is 10.1. The molecule has 1 unspecified atom stereocenters. The molecule has 1 aromatic heterocycles. The van der Waals surface area contributed by atoms with Gasteiger partial charge in [-0.25, -0.2) is 18.2 Å². The highest BCUT2D eigenvalue weighted by molar-refractivity contribution is 7.91. The van der Waals surface area contributed by atoms with E-state index < -0.39 is 80.2 Å². The van der Waals surface area contributed by atoms with E-state index in [0.717, 1.165) is 10.5 Å². The Morgan fingerprint density at radius 3 is 2.41 bits per heavy atom. The lowest BCUT2D eigenvalue weighted by molar-refractivity contribution is -0.152. The summed E-state index contributed by atoms with van der Waals surface area (Å²) in [7, 11) is -2.43. The van der Waals surface area contributed by atoms with Gasteiger partial charge < -0.3 is 29.7 Å². The van der Waals surface area contributed by atoms with Crippen molar-refractivity contribution in [3.8, 4) is 22.8 Å². The molecule has 0 bridgehead atoms. The van der Waals surface area contributed by atoms with Crippen molar-refractivity contribution in [2.45, 2.75) is 100 Å². The minimum atomic E-state index is -3.97. The molecule has 18 heteroatoms. The number of likely N-dealkylation sites (tertiary alicyclic amines) is 2. The van der Waals surface area contributed by atoms with Crippen LogP contribution in [0.4, 0.5) is 4.79 Å². The third-order valence-electron chi connectivity index (χ3n) is 11.2. The molecule has 4 fully saturated rings. The molecule has 2 aliphatic carbocycles. The van der Waals surface area contributed by atoms with Gasteiger partial charge in [-0.2, -0.15) is 0 Å². The monoisotopic (exact) mass is 858 g/mol. The number of carbonyl (C=O) groups is 6. The van der Waals surface area contributed by atoms with E-state index in [1.54, 1.807) is 52.1 Å². The smallest absolute Gasteiger partial charge is 0.408 e. The number of β-lactam (4-membered cyclic amide) rings is 1. The number of imide groups is 1. The first-order valence-corrected chi connectivity index (χ1v) is 21.8. The quantitative estimate of drug-likeness (QED) is 0.148. The van der Waals surface area contributed by atoms with Crippen LogP contribution in [-0.4, -0.2) is 114 Å². The Morgan fingerprint density at radius 2 is 1.80 bits per heavy atom. The molecule has 2 saturated heterocycles. The molecule has 3 aromatic rings. The van der Waals surface area contributed by atoms with E-state index >= 15 is 0 Å². The maximum Gasteiger partial charge on any atom is 0.408 e. The average molecular weight is 859 g/mol. The van der Waals surface area contributed by atoms with Crippen LogP contribution < -0.4 is 24.8 Å². The van der Waals surface area contributed by atoms with E-state index in [0.29, 0.717) is 40.9 Å². The number of rotatable bonds is 15. The number of fused-ring (bicyclic) bond motifs is 1. The van der Waals surface area contributed by atoms with Crippen molar-refractivity contribution < 1.29 is 51.4 Å². The minimum Gasteiger partial charge on any atom is -0.497 e. The molecule has 0 radical (unpaired) electrons. The first-order chi connectivity index (χ1) is 28.9. The molecule has 5 atom stereocenters. The summed E-state index contributed by atoms with van der Waals surface area (Å²) in [5, 5.41) is 5.25. The maximum atomic E-state index is 14.7. The highest BCUT2D eigenvalue weighted by atomic mass is 32.2. The second-order valence-electron chi connectivity index (χ2n) is 16.8. The van der Waals surface area contributed by atoms with Crippen molar-refractivity contribution in [3.05, 3.63) is 67.3 Å². The first-order valence-electron chi connectivity index (χ1n) is 20.3. The number of hydrogen-bond acceptors (Lipinski definition) is 12. The molecule has 2 saturated carbocycles. The van der Waals surface area contributed by atoms with Crippen molar-refractivity contribution in [2.24, 2.45) is 5.92 Å². The van der Waals surface area contributed by atoms with Gasteiger partial charge in [0.05, 0.1) is 30.1 Å². The number of alkyl carbamates (subject to hydrolysis) is 1. The van der Waals surface area contributed by atoms with Crippen LogP contribution in [0.1, 0.15) is 65.7 Å². The fourth-order valence-corrected chi connectivity index (χ4v) is 8.98. The zero-order chi connectivity index (χ0) is 43.9. The van der Waals surface area contributed by atoms with Gasteiger partial charge >= 0.3 is 6.09 Å². The predicted molar refractivity (Wildman–Crippen MR) is 221 cm³/mol. The van der Waals surface area contributed by atoms with Crippen molar-refractivity contribution in [1.29, 1.82) is 0 Å². The number of sulfonamides is 1. The molecular formula is C43H50N6O11S. The molecule has 7 rings (SSSR count). The molecule has 6 amide bonds. The average Bonchev–Trinajstić information content (AvgIpc) is 4.14. The number of methoxy groups -OCH3 is 1. The fraction of sp³-hybridized carbons (Fsp3) is 0.465. The summed E-state index contributed by atoms with van der Waals surface area (Å²) in [5.41, 5.74) is -0.653. The van der Waals surface area contributed by atoms with Crippen LogP contribution >= 0.6 is 0 Å². The molecule has 324 valence electrons. The van der Waals surface area contributed by atoms with Gasteiger partial charge in [0.15, 0.2) is 0 Å². The van der Waals surface area contributed by atoms with Crippen LogP contribution in [-0.2, 0) is 38.7 Å². The van der Waals surface area contributed by atoms with Crippen LogP contribution in [0.15, 0.2) is 67.3 Å². The van der Waals surface area contributed by atoms with Gasteiger partial charge in [-0.15, -0.1) is 6.58 Å². The topological polar surface area (TPSA) is 220 Å². The summed E-state index contributed by atoms with van der Waals surface area (Å²) >= 11 is 0. The molecule has 4 aliphatic rings. The Balaban J connectivity index is 1.21. The Morgan fingerprint density at radius 1 is 1.07 bits per heavy atom. The number of pyridine rings is 1. The fourth-order valence-electron chi connectivity index (χ4n) is 7.62. The van der Waals surface area contributed by atoms with Gasteiger partial charge in [0, 0.05) is 54.8 Å². The van der Waals surface area contributed by atoms with E-state index in [1.807, 2.05) is 30.3 Å². The molecule has 3 heterocycles. The summed E-state index contributed by atoms with van der Waals surface area (Å²) < 4.78 is 45.4. The van der Waals surface area contributed by atoms with Gasteiger partial charge in [-0.05, 0) is 58.6 Å². The molecule has 2 aliphatic heterocycles. The first kappa shape index (κ1) is 43.1. The maximum absolute atomic E-state index is 14.7. The number of amides is 6. The number of aromatic nitrogens is 1. The van der Waals surface area contributed by atoms with Crippen LogP contribution in [0, 0.1) is 5.92 Å². The summed E-state index contributed by atoms with van der Waals surface area (Å²) in [6.45, 7) is 8.77. The van der Waals surface area contributed by atoms with Crippen LogP contribution in [0.3, 0.4) is 0 Å². The number of hydrogen-bond donors (Lipinski definition) is 3. The van der Waals surface area contributed by atoms with Gasteiger partial charge in [0.2, 0.25) is 33.7 Å². The summed E-state index contributed by atoms with van der Waals surface area (Å²) in [4.78, 5) is 88.2.